The minimum atomic E-state index is -0.927. The number of rotatable bonds is 3. The number of aliphatic carboxylic acids is 1. The van der Waals surface area contributed by atoms with Crippen molar-refractivity contribution >= 4 is 5.97 Å². The number of hydrogen-bond acceptors (Lipinski definition) is 2. The minimum Gasteiger partial charge on any atom is -0.478 e. The predicted octanol–water partition coefficient (Wildman–Crippen LogP) is 3.01. The van der Waals surface area contributed by atoms with Crippen molar-refractivity contribution in [2.45, 2.75) is 6.42 Å². The van der Waals surface area contributed by atoms with Crippen LogP contribution in [-0.4, -0.2) is 11.1 Å². The van der Waals surface area contributed by atoms with E-state index in [4.69, 9.17) is 10.4 Å². The van der Waals surface area contributed by atoms with E-state index in [1.807, 2.05) is 24.3 Å². The lowest BCUT2D eigenvalue weighted by atomic mass is 9.81. The Labute approximate surface area is 101 Å². The molecule has 0 aromatic heterocycles. The molecule has 0 aromatic rings. The molecule has 17 heavy (non-hydrogen) atoms. The Kier molecular flexibility index (Phi) is 6.80. The highest BCUT2D eigenvalue weighted by Crippen LogP contribution is 2.30. The Morgan fingerprint density at radius 1 is 1.47 bits per heavy atom. The molecular weight excluding hydrogens is 214 g/mol. The monoisotopic (exact) mass is 229 g/mol. The molecule has 3 nitrogen and oxygen atoms in total. The van der Waals surface area contributed by atoms with E-state index in [9.17, 15) is 4.79 Å². The summed E-state index contributed by atoms with van der Waals surface area (Å²) in [5, 5.41) is 16.0. The standard InChI is InChI=1S/C11H12O2.C3H3N/c1-2-11(9-6-10(12)13)7-4-3-5-8-11;1-2-3-4/h2-7,9H,1,8H2,(H,12,13);2H,1H2. The van der Waals surface area contributed by atoms with Gasteiger partial charge in [0, 0.05) is 17.6 Å². The van der Waals surface area contributed by atoms with Gasteiger partial charge in [0.15, 0.2) is 0 Å². The van der Waals surface area contributed by atoms with Crippen LogP contribution in [-0.2, 0) is 4.79 Å². The minimum absolute atomic E-state index is 0.312. The summed E-state index contributed by atoms with van der Waals surface area (Å²) in [5.41, 5.74) is -0.312. The second kappa shape index (κ2) is 7.89. The van der Waals surface area contributed by atoms with Gasteiger partial charge in [-0.3, -0.25) is 0 Å². The van der Waals surface area contributed by atoms with Gasteiger partial charge in [-0.05, 0) is 6.42 Å². The average Bonchev–Trinajstić information content (AvgIpc) is 2.38. The van der Waals surface area contributed by atoms with Crippen LogP contribution in [0.3, 0.4) is 0 Å². The van der Waals surface area contributed by atoms with Crippen LogP contribution in [0.1, 0.15) is 6.42 Å². The van der Waals surface area contributed by atoms with Gasteiger partial charge in [0.05, 0.1) is 6.07 Å². The molecule has 1 atom stereocenters. The number of nitriles is 1. The first kappa shape index (κ1) is 14.7. The van der Waals surface area contributed by atoms with Crippen molar-refractivity contribution in [2.75, 3.05) is 0 Å². The molecule has 0 aromatic carbocycles. The van der Waals surface area contributed by atoms with Crippen molar-refractivity contribution < 1.29 is 9.90 Å². The van der Waals surface area contributed by atoms with E-state index in [-0.39, 0.29) is 5.41 Å². The summed E-state index contributed by atoms with van der Waals surface area (Å²) in [6, 6.07) is 1.69. The Morgan fingerprint density at radius 2 is 2.12 bits per heavy atom. The number of carboxylic acids is 1. The third kappa shape index (κ3) is 5.95. The smallest absolute Gasteiger partial charge is 0.328 e. The maximum Gasteiger partial charge on any atom is 0.328 e. The molecule has 0 aliphatic heterocycles. The summed E-state index contributed by atoms with van der Waals surface area (Å²) in [5.74, 6) is -0.927. The normalized spacial score (nSPS) is 21.1. The Morgan fingerprint density at radius 3 is 2.47 bits per heavy atom. The first-order chi connectivity index (χ1) is 8.10. The lowest BCUT2D eigenvalue weighted by Gasteiger charge is -2.22. The van der Waals surface area contributed by atoms with Crippen LogP contribution in [0.25, 0.3) is 0 Å². The van der Waals surface area contributed by atoms with Gasteiger partial charge in [0.2, 0.25) is 0 Å². The van der Waals surface area contributed by atoms with Crippen LogP contribution in [0.15, 0.2) is 61.8 Å². The van der Waals surface area contributed by atoms with Crippen molar-refractivity contribution in [1.29, 1.82) is 5.26 Å². The van der Waals surface area contributed by atoms with E-state index in [1.165, 1.54) is 6.08 Å². The Bertz CT molecular complexity index is 410. The maximum absolute atomic E-state index is 10.3. The lowest BCUT2D eigenvalue weighted by Crippen LogP contribution is -2.12. The predicted molar refractivity (Wildman–Crippen MR) is 68.1 cm³/mol. The molecule has 88 valence electrons. The average molecular weight is 229 g/mol. The topological polar surface area (TPSA) is 61.1 Å². The number of allylic oxidation sites excluding steroid dienone is 7. The molecule has 0 spiro atoms. The third-order valence-corrected chi connectivity index (χ3v) is 2.13. The van der Waals surface area contributed by atoms with E-state index in [0.717, 1.165) is 12.5 Å². The summed E-state index contributed by atoms with van der Waals surface area (Å²) in [6.07, 6.45) is 14.3. The first-order valence-electron chi connectivity index (χ1n) is 5.01. The molecule has 1 aliphatic rings. The van der Waals surface area contributed by atoms with Crippen LogP contribution < -0.4 is 0 Å². The zero-order valence-corrected chi connectivity index (χ0v) is 9.54. The van der Waals surface area contributed by atoms with Gasteiger partial charge >= 0.3 is 5.97 Å². The summed E-state index contributed by atoms with van der Waals surface area (Å²) in [6.45, 7) is 6.82. The van der Waals surface area contributed by atoms with E-state index in [0.29, 0.717) is 0 Å². The van der Waals surface area contributed by atoms with Gasteiger partial charge in [-0.15, -0.1) is 6.58 Å². The largest absolute Gasteiger partial charge is 0.478 e. The fraction of sp³-hybridized carbons (Fsp3) is 0.143. The third-order valence-electron chi connectivity index (χ3n) is 2.13. The second-order valence-corrected chi connectivity index (χ2v) is 3.31. The molecule has 0 amide bonds. The Hall–Kier alpha value is -2.34. The quantitative estimate of drug-likeness (QED) is 0.459. The van der Waals surface area contributed by atoms with Crippen molar-refractivity contribution in [3.63, 3.8) is 0 Å². The molecule has 0 bridgehead atoms. The molecule has 0 saturated heterocycles. The highest BCUT2D eigenvalue weighted by atomic mass is 16.4. The van der Waals surface area contributed by atoms with E-state index in [1.54, 1.807) is 18.2 Å². The van der Waals surface area contributed by atoms with Gasteiger partial charge in [0.25, 0.3) is 0 Å². The lowest BCUT2D eigenvalue weighted by molar-refractivity contribution is -0.131. The van der Waals surface area contributed by atoms with Crippen LogP contribution in [0, 0.1) is 16.7 Å². The van der Waals surface area contributed by atoms with Crippen molar-refractivity contribution in [2.24, 2.45) is 5.41 Å². The van der Waals surface area contributed by atoms with Gasteiger partial charge < -0.3 is 5.11 Å². The van der Waals surface area contributed by atoms with Crippen LogP contribution >= 0.6 is 0 Å². The van der Waals surface area contributed by atoms with Gasteiger partial charge in [-0.1, -0.05) is 43.0 Å². The van der Waals surface area contributed by atoms with E-state index in [2.05, 4.69) is 13.2 Å². The molecule has 1 unspecified atom stereocenters. The van der Waals surface area contributed by atoms with Gasteiger partial charge in [0.1, 0.15) is 0 Å². The Balaban J connectivity index is 0.000000557. The first-order valence-corrected chi connectivity index (χ1v) is 5.01. The summed E-state index contributed by atoms with van der Waals surface area (Å²) >= 11 is 0. The summed E-state index contributed by atoms with van der Waals surface area (Å²) in [4.78, 5) is 10.3. The SMILES string of the molecule is C=CC#N.C=CC1(C=CC(=O)O)C=CC=CC1. The van der Waals surface area contributed by atoms with Crippen molar-refractivity contribution in [3.8, 4) is 6.07 Å². The van der Waals surface area contributed by atoms with Gasteiger partial charge in [-0.25, -0.2) is 4.79 Å². The molecule has 0 radical (unpaired) electrons. The summed E-state index contributed by atoms with van der Waals surface area (Å²) in [7, 11) is 0. The molecule has 1 aliphatic carbocycles. The molecule has 0 saturated carbocycles. The summed E-state index contributed by atoms with van der Waals surface area (Å²) < 4.78 is 0. The highest BCUT2D eigenvalue weighted by Gasteiger charge is 2.19. The fourth-order valence-electron chi connectivity index (χ4n) is 1.22. The maximum atomic E-state index is 10.3. The van der Waals surface area contributed by atoms with Crippen molar-refractivity contribution in [3.05, 3.63) is 61.8 Å². The van der Waals surface area contributed by atoms with Crippen LogP contribution in [0.4, 0.5) is 0 Å². The van der Waals surface area contributed by atoms with E-state index >= 15 is 0 Å². The molecule has 1 N–H and O–H groups in total. The second-order valence-electron chi connectivity index (χ2n) is 3.31. The molecular formula is C14H15NO2. The number of carboxylic acid groups (broad SMARTS) is 1. The van der Waals surface area contributed by atoms with E-state index < -0.39 is 5.97 Å². The molecule has 3 heteroatoms. The zero-order chi connectivity index (χ0) is 13.1. The number of carbonyl (C=O) groups is 1. The zero-order valence-electron chi connectivity index (χ0n) is 9.54. The molecule has 0 fully saturated rings. The van der Waals surface area contributed by atoms with Gasteiger partial charge in [-0.2, -0.15) is 5.26 Å². The number of nitrogens with zero attached hydrogens (tertiary/aromatic N) is 1. The number of hydrogen-bond donors (Lipinski definition) is 1. The van der Waals surface area contributed by atoms with Crippen LogP contribution in [0.5, 0.6) is 0 Å². The highest BCUT2D eigenvalue weighted by molar-refractivity contribution is 5.80. The molecule has 1 rings (SSSR count). The van der Waals surface area contributed by atoms with Crippen molar-refractivity contribution in [1.82, 2.24) is 0 Å². The fourth-order valence-corrected chi connectivity index (χ4v) is 1.22. The van der Waals surface area contributed by atoms with Crippen LogP contribution in [0.2, 0.25) is 0 Å². The molecule has 0 heterocycles.